The van der Waals surface area contributed by atoms with Crippen LogP contribution < -0.4 is 5.32 Å². The molecule has 0 bridgehead atoms. The molecule has 0 aromatic heterocycles. The number of ether oxygens (including phenoxy) is 1. The zero-order valence-electron chi connectivity index (χ0n) is 16.5. The third-order valence-electron chi connectivity index (χ3n) is 4.44. The van der Waals surface area contributed by atoms with Gasteiger partial charge in [-0.05, 0) is 40.8 Å². The van der Waals surface area contributed by atoms with E-state index in [4.69, 9.17) is 9.84 Å². The van der Waals surface area contributed by atoms with Crippen LogP contribution >= 0.6 is 0 Å². The summed E-state index contributed by atoms with van der Waals surface area (Å²) >= 11 is 0. The summed E-state index contributed by atoms with van der Waals surface area (Å²) in [6.07, 6.45) is 0.193. The zero-order valence-corrected chi connectivity index (χ0v) is 16.5. The average Bonchev–Trinajstić information content (AvgIpc) is 2.66. The molecular formula is C22H25NO5. The van der Waals surface area contributed by atoms with Crippen molar-refractivity contribution in [3.8, 4) is 0 Å². The standard InChI is InChI=1S/C22H25NO5/c1-22(2,3)17-11-9-15(10-12-17)19(24)23-18(21(27)28-4)13-14-5-7-16(8-6-14)20(25)26/h5-12,18H,13H2,1-4H3,(H,23,24)(H,25,26). The number of carbonyl (C=O) groups excluding carboxylic acids is 2. The second-order valence-electron chi connectivity index (χ2n) is 7.58. The Morgan fingerprint density at radius 3 is 1.96 bits per heavy atom. The summed E-state index contributed by atoms with van der Waals surface area (Å²) < 4.78 is 4.80. The van der Waals surface area contributed by atoms with Gasteiger partial charge in [-0.3, -0.25) is 4.79 Å². The van der Waals surface area contributed by atoms with Crippen LogP contribution in [0.25, 0.3) is 0 Å². The molecule has 0 saturated carbocycles. The number of hydrogen-bond acceptors (Lipinski definition) is 4. The molecule has 2 rings (SSSR count). The maximum Gasteiger partial charge on any atom is 0.335 e. The third-order valence-corrected chi connectivity index (χ3v) is 4.44. The fraction of sp³-hybridized carbons (Fsp3) is 0.318. The number of methoxy groups -OCH3 is 1. The van der Waals surface area contributed by atoms with Gasteiger partial charge in [0.1, 0.15) is 6.04 Å². The maximum atomic E-state index is 12.6. The summed E-state index contributed by atoms with van der Waals surface area (Å²) in [4.78, 5) is 35.6. The zero-order chi connectivity index (χ0) is 20.9. The first kappa shape index (κ1) is 21.2. The molecule has 148 valence electrons. The SMILES string of the molecule is COC(=O)C(Cc1ccc(C(=O)O)cc1)NC(=O)c1ccc(C(C)(C)C)cc1. The number of benzene rings is 2. The summed E-state index contributed by atoms with van der Waals surface area (Å²) in [5.41, 5.74) is 2.39. The molecule has 1 atom stereocenters. The number of hydrogen-bond donors (Lipinski definition) is 2. The lowest BCUT2D eigenvalue weighted by atomic mass is 9.86. The van der Waals surface area contributed by atoms with Gasteiger partial charge < -0.3 is 15.2 Å². The highest BCUT2D eigenvalue weighted by molar-refractivity contribution is 5.97. The smallest absolute Gasteiger partial charge is 0.335 e. The highest BCUT2D eigenvalue weighted by Crippen LogP contribution is 2.22. The second-order valence-corrected chi connectivity index (χ2v) is 7.58. The highest BCUT2D eigenvalue weighted by Gasteiger charge is 2.23. The molecule has 0 fully saturated rings. The number of nitrogens with one attached hydrogen (secondary N) is 1. The Labute approximate surface area is 164 Å². The number of rotatable bonds is 6. The summed E-state index contributed by atoms with van der Waals surface area (Å²) in [5.74, 6) is -1.97. The molecule has 6 nitrogen and oxygen atoms in total. The molecule has 0 saturated heterocycles. The Bertz CT molecular complexity index is 848. The Kier molecular flexibility index (Phi) is 6.57. The summed E-state index contributed by atoms with van der Waals surface area (Å²) in [5, 5.41) is 11.7. The van der Waals surface area contributed by atoms with Crippen LogP contribution in [0.2, 0.25) is 0 Å². The summed E-state index contributed by atoms with van der Waals surface area (Å²) in [6.45, 7) is 6.26. The van der Waals surface area contributed by atoms with Crippen molar-refractivity contribution in [2.45, 2.75) is 38.6 Å². The van der Waals surface area contributed by atoms with Gasteiger partial charge in [-0.2, -0.15) is 0 Å². The first-order chi connectivity index (χ1) is 13.1. The minimum atomic E-state index is -1.02. The predicted molar refractivity (Wildman–Crippen MR) is 106 cm³/mol. The van der Waals surface area contributed by atoms with Gasteiger partial charge in [0.15, 0.2) is 0 Å². The predicted octanol–water partition coefficient (Wildman–Crippen LogP) is 3.20. The van der Waals surface area contributed by atoms with Crippen LogP contribution in [0.3, 0.4) is 0 Å². The van der Waals surface area contributed by atoms with Gasteiger partial charge in [0.05, 0.1) is 12.7 Å². The first-order valence-electron chi connectivity index (χ1n) is 8.93. The molecule has 0 heterocycles. The van der Waals surface area contributed by atoms with E-state index in [9.17, 15) is 14.4 Å². The van der Waals surface area contributed by atoms with Crippen molar-refractivity contribution in [2.24, 2.45) is 0 Å². The second kappa shape index (κ2) is 8.69. The Balaban J connectivity index is 2.14. The lowest BCUT2D eigenvalue weighted by Gasteiger charge is -2.20. The molecule has 6 heteroatoms. The van der Waals surface area contributed by atoms with Crippen molar-refractivity contribution in [3.05, 3.63) is 70.8 Å². The number of carbonyl (C=O) groups is 3. The van der Waals surface area contributed by atoms with E-state index in [1.54, 1.807) is 24.3 Å². The fourth-order valence-electron chi connectivity index (χ4n) is 2.72. The minimum absolute atomic E-state index is 0.0222. The van der Waals surface area contributed by atoms with Gasteiger partial charge in [0, 0.05) is 12.0 Å². The molecule has 0 spiro atoms. The maximum absolute atomic E-state index is 12.6. The minimum Gasteiger partial charge on any atom is -0.478 e. The molecule has 2 N–H and O–H groups in total. The number of esters is 1. The van der Waals surface area contributed by atoms with E-state index in [0.717, 1.165) is 5.56 Å². The third kappa shape index (κ3) is 5.42. The largest absolute Gasteiger partial charge is 0.478 e. The van der Waals surface area contributed by atoms with E-state index in [-0.39, 0.29) is 23.3 Å². The van der Waals surface area contributed by atoms with E-state index >= 15 is 0 Å². The van der Waals surface area contributed by atoms with Crippen molar-refractivity contribution >= 4 is 17.8 Å². The first-order valence-corrected chi connectivity index (χ1v) is 8.93. The number of carboxylic acids is 1. The van der Waals surface area contributed by atoms with Gasteiger partial charge >= 0.3 is 11.9 Å². The summed E-state index contributed by atoms with van der Waals surface area (Å²) in [7, 11) is 1.26. The van der Waals surface area contributed by atoms with Crippen LogP contribution in [0.4, 0.5) is 0 Å². The van der Waals surface area contributed by atoms with E-state index in [1.807, 2.05) is 12.1 Å². The van der Waals surface area contributed by atoms with Crippen LogP contribution in [0, 0.1) is 0 Å². The molecule has 1 unspecified atom stereocenters. The fourth-order valence-corrected chi connectivity index (χ4v) is 2.72. The molecule has 0 aliphatic rings. The van der Waals surface area contributed by atoms with Crippen molar-refractivity contribution in [3.63, 3.8) is 0 Å². The lowest BCUT2D eigenvalue weighted by Crippen LogP contribution is -2.43. The lowest BCUT2D eigenvalue weighted by molar-refractivity contribution is -0.142. The van der Waals surface area contributed by atoms with Gasteiger partial charge in [0.2, 0.25) is 0 Å². The monoisotopic (exact) mass is 383 g/mol. The number of amides is 1. The Morgan fingerprint density at radius 1 is 0.964 bits per heavy atom. The summed E-state index contributed by atoms with van der Waals surface area (Å²) in [6, 6.07) is 12.5. The van der Waals surface area contributed by atoms with E-state index in [0.29, 0.717) is 11.1 Å². The van der Waals surface area contributed by atoms with Crippen LogP contribution in [0.5, 0.6) is 0 Å². The molecule has 2 aromatic carbocycles. The van der Waals surface area contributed by atoms with Crippen molar-refractivity contribution in [2.75, 3.05) is 7.11 Å². The van der Waals surface area contributed by atoms with Crippen LogP contribution in [-0.4, -0.2) is 36.1 Å². The normalized spacial score (nSPS) is 12.1. The molecule has 0 aliphatic heterocycles. The van der Waals surface area contributed by atoms with E-state index < -0.39 is 18.0 Å². The Morgan fingerprint density at radius 2 is 1.50 bits per heavy atom. The molecule has 28 heavy (non-hydrogen) atoms. The van der Waals surface area contributed by atoms with Gasteiger partial charge in [-0.25, -0.2) is 9.59 Å². The van der Waals surface area contributed by atoms with E-state index in [1.165, 1.54) is 19.2 Å². The molecule has 0 radical (unpaired) electrons. The molecule has 1 amide bonds. The van der Waals surface area contributed by atoms with Gasteiger partial charge in [-0.15, -0.1) is 0 Å². The van der Waals surface area contributed by atoms with Crippen LogP contribution in [0.15, 0.2) is 48.5 Å². The van der Waals surface area contributed by atoms with Crippen molar-refractivity contribution < 1.29 is 24.2 Å². The molecule has 0 aliphatic carbocycles. The van der Waals surface area contributed by atoms with Gasteiger partial charge in [0.25, 0.3) is 5.91 Å². The highest BCUT2D eigenvalue weighted by atomic mass is 16.5. The van der Waals surface area contributed by atoms with Gasteiger partial charge in [-0.1, -0.05) is 45.0 Å². The number of carboxylic acid groups (broad SMARTS) is 1. The number of aromatic carboxylic acids is 1. The van der Waals surface area contributed by atoms with Crippen LogP contribution in [0.1, 0.15) is 52.6 Å². The Hall–Kier alpha value is -3.15. The molecule has 2 aromatic rings. The van der Waals surface area contributed by atoms with Crippen molar-refractivity contribution in [1.82, 2.24) is 5.32 Å². The van der Waals surface area contributed by atoms with Crippen molar-refractivity contribution in [1.29, 1.82) is 0 Å². The quantitative estimate of drug-likeness (QED) is 0.748. The van der Waals surface area contributed by atoms with Crippen LogP contribution in [-0.2, 0) is 21.4 Å². The topological polar surface area (TPSA) is 92.7 Å². The average molecular weight is 383 g/mol. The molecular weight excluding hydrogens is 358 g/mol. The van der Waals surface area contributed by atoms with E-state index in [2.05, 4.69) is 26.1 Å².